The van der Waals surface area contributed by atoms with Gasteiger partial charge in [0.1, 0.15) is 5.82 Å². The molecule has 39 heavy (non-hydrogen) atoms. The normalized spacial score (nSPS) is 18.9. The second kappa shape index (κ2) is 11.0. The fourth-order valence-electron chi connectivity index (χ4n) is 5.87. The highest BCUT2D eigenvalue weighted by Crippen LogP contribution is 2.38. The van der Waals surface area contributed by atoms with Gasteiger partial charge >= 0.3 is 0 Å². The lowest BCUT2D eigenvalue weighted by Gasteiger charge is -2.49. The number of hydrogen-bond acceptors (Lipinski definition) is 5. The van der Waals surface area contributed by atoms with Gasteiger partial charge in [0, 0.05) is 49.4 Å². The molecule has 1 saturated heterocycles. The number of ether oxygens (including phenoxy) is 1. The van der Waals surface area contributed by atoms with Gasteiger partial charge in [-0.1, -0.05) is 36.7 Å². The molecular formula is C31H34ClFN4O2. The second-order valence-electron chi connectivity index (χ2n) is 10.3. The summed E-state index contributed by atoms with van der Waals surface area (Å²) in [7, 11) is 3.39. The Morgan fingerprint density at radius 2 is 1.79 bits per heavy atom. The molecule has 3 atom stereocenters. The van der Waals surface area contributed by atoms with Gasteiger partial charge in [0.05, 0.1) is 29.9 Å². The van der Waals surface area contributed by atoms with Crippen molar-refractivity contribution in [3.8, 4) is 5.88 Å². The smallest absolute Gasteiger partial charge is 0.250 e. The highest BCUT2D eigenvalue weighted by Gasteiger charge is 2.36. The van der Waals surface area contributed by atoms with Gasteiger partial charge in [-0.25, -0.2) is 9.37 Å². The Labute approximate surface area is 233 Å². The quantitative estimate of drug-likeness (QED) is 0.296. The first-order valence-electron chi connectivity index (χ1n) is 13.3. The molecule has 0 N–H and O–H groups in total. The van der Waals surface area contributed by atoms with E-state index >= 15 is 0 Å². The van der Waals surface area contributed by atoms with Crippen LogP contribution in [0.5, 0.6) is 5.88 Å². The Morgan fingerprint density at radius 3 is 2.49 bits per heavy atom. The van der Waals surface area contributed by atoms with Gasteiger partial charge in [-0.15, -0.1) is 0 Å². The lowest BCUT2D eigenvalue weighted by Crippen LogP contribution is -2.57. The maximum Gasteiger partial charge on any atom is 0.250 e. The monoisotopic (exact) mass is 548 g/mol. The Kier molecular flexibility index (Phi) is 7.65. The summed E-state index contributed by atoms with van der Waals surface area (Å²) >= 11 is 6.25. The van der Waals surface area contributed by atoms with E-state index in [0.29, 0.717) is 16.4 Å². The number of rotatable bonds is 6. The van der Waals surface area contributed by atoms with Crippen LogP contribution in [0.15, 0.2) is 65.5 Å². The maximum absolute atomic E-state index is 14.2. The highest BCUT2D eigenvalue weighted by molar-refractivity contribution is 6.30. The number of benzene rings is 2. The topological polar surface area (TPSA) is 50.6 Å². The average molecular weight is 549 g/mol. The van der Waals surface area contributed by atoms with E-state index in [-0.39, 0.29) is 29.5 Å². The van der Waals surface area contributed by atoms with Crippen LogP contribution in [-0.2, 0) is 13.5 Å². The minimum atomic E-state index is -0.221. The summed E-state index contributed by atoms with van der Waals surface area (Å²) in [5.74, 6) is 0.289. The summed E-state index contributed by atoms with van der Waals surface area (Å²) in [6.07, 6.45) is 0.734. The van der Waals surface area contributed by atoms with Gasteiger partial charge in [0.15, 0.2) is 0 Å². The molecule has 1 aliphatic rings. The number of fused-ring (bicyclic) bond motifs is 1. The van der Waals surface area contributed by atoms with E-state index in [1.165, 1.54) is 6.07 Å². The summed E-state index contributed by atoms with van der Waals surface area (Å²) in [5.41, 5.74) is 5.57. The zero-order valence-electron chi connectivity index (χ0n) is 23.0. The number of halogens is 2. The van der Waals surface area contributed by atoms with Gasteiger partial charge in [-0.3, -0.25) is 9.69 Å². The lowest BCUT2D eigenvalue weighted by molar-refractivity contribution is 0.129. The molecule has 0 amide bonds. The SMILES string of the molecule is CCc1cc(F)ccc1C(c1ccc(Cl)cc1)N1C[C@H](C)N(c2cc(OC)nc3ccc(=O)n(C)c23)C[C@H]1C. The second-order valence-corrected chi connectivity index (χ2v) is 10.8. The Morgan fingerprint density at radius 1 is 1.05 bits per heavy atom. The molecule has 0 aliphatic carbocycles. The van der Waals surface area contributed by atoms with E-state index < -0.39 is 0 Å². The van der Waals surface area contributed by atoms with Crippen molar-refractivity contribution in [2.24, 2.45) is 7.05 Å². The molecule has 1 unspecified atom stereocenters. The van der Waals surface area contributed by atoms with Crippen LogP contribution in [0.1, 0.15) is 43.5 Å². The number of hydrogen-bond donors (Lipinski definition) is 0. The number of anilines is 1. The van der Waals surface area contributed by atoms with Crippen molar-refractivity contribution in [2.45, 2.75) is 45.3 Å². The minimum Gasteiger partial charge on any atom is -0.481 e. The molecule has 0 saturated carbocycles. The van der Waals surface area contributed by atoms with E-state index in [0.717, 1.165) is 47.4 Å². The van der Waals surface area contributed by atoms with Crippen molar-refractivity contribution in [3.05, 3.63) is 98.5 Å². The van der Waals surface area contributed by atoms with Crippen LogP contribution in [-0.4, -0.2) is 46.7 Å². The minimum absolute atomic E-state index is 0.0644. The summed E-state index contributed by atoms with van der Waals surface area (Å²) in [6.45, 7) is 7.95. The van der Waals surface area contributed by atoms with Crippen molar-refractivity contribution < 1.29 is 9.13 Å². The van der Waals surface area contributed by atoms with Gasteiger partial charge in [-0.2, -0.15) is 0 Å². The first-order chi connectivity index (χ1) is 18.7. The molecule has 1 aliphatic heterocycles. The van der Waals surface area contributed by atoms with Crippen molar-refractivity contribution >= 4 is 28.3 Å². The summed E-state index contributed by atoms with van der Waals surface area (Å²) < 4.78 is 21.4. The molecule has 0 bridgehead atoms. The van der Waals surface area contributed by atoms with Crippen LogP contribution in [0.4, 0.5) is 10.1 Å². The molecule has 5 rings (SSSR count). The van der Waals surface area contributed by atoms with Crippen LogP contribution in [0.2, 0.25) is 5.02 Å². The van der Waals surface area contributed by atoms with E-state index in [9.17, 15) is 9.18 Å². The van der Waals surface area contributed by atoms with Crippen LogP contribution in [0.3, 0.4) is 0 Å². The first-order valence-corrected chi connectivity index (χ1v) is 13.7. The number of aryl methyl sites for hydroxylation is 2. The molecule has 0 spiro atoms. The first kappa shape index (κ1) is 27.2. The molecule has 4 aromatic rings. The summed E-state index contributed by atoms with van der Waals surface area (Å²) in [6, 6.07) is 18.5. The van der Waals surface area contributed by atoms with Crippen LogP contribution < -0.4 is 15.2 Å². The predicted molar refractivity (Wildman–Crippen MR) is 156 cm³/mol. The van der Waals surface area contributed by atoms with Crippen molar-refractivity contribution in [1.29, 1.82) is 0 Å². The number of pyridine rings is 2. The Hall–Kier alpha value is -3.42. The molecule has 3 heterocycles. The molecule has 2 aromatic heterocycles. The number of nitrogens with zero attached hydrogens (tertiary/aromatic N) is 4. The lowest BCUT2D eigenvalue weighted by atomic mass is 9.89. The maximum atomic E-state index is 14.2. The molecular weight excluding hydrogens is 515 g/mol. The third kappa shape index (κ3) is 5.13. The third-order valence-electron chi connectivity index (χ3n) is 7.88. The van der Waals surface area contributed by atoms with E-state index in [1.54, 1.807) is 36.9 Å². The molecule has 1 fully saturated rings. The van der Waals surface area contributed by atoms with Crippen LogP contribution in [0, 0.1) is 5.82 Å². The van der Waals surface area contributed by atoms with Gasteiger partial charge in [0.2, 0.25) is 5.88 Å². The Balaban J connectivity index is 1.59. The molecule has 8 heteroatoms. The molecule has 6 nitrogen and oxygen atoms in total. The average Bonchev–Trinajstić information content (AvgIpc) is 2.93. The van der Waals surface area contributed by atoms with Crippen molar-refractivity contribution in [2.75, 3.05) is 25.1 Å². The van der Waals surface area contributed by atoms with Gasteiger partial charge in [0.25, 0.3) is 5.56 Å². The fourth-order valence-corrected chi connectivity index (χ4v) is 5.99. The van der Waals surface area contributed by atoms with Gasteiger partial charge in [-0.05, 0) is 67.3 Å². The van der Waals surface area contributed by atoms with E-state index in [4.69, 9.17) is 16.3 Å². The van der Waals surface area contributed by atoms with E-state index in [2.05, 4.69) is 47.7 Å². The molecule has 0 radical (unpaired) electrons. The zero-order chi connectivity index (χ0) is 27.8. The predicted octanol–water partition coefficient (Wildman–Crippen LogP) is 5.99. The standard InChI is InChI=1S/C31H34ClFN4O2/c1-6-21-15-24(33)11-12-25(21)30(22-7-9-23(32)10-8-22)37-18-19(2)36(17-20(37)3)27-16-28(39-5)34-26-13-14-29(38)35(4)31(26)27/h7-16,19-20,30H,6,17-18H2,1-5H3/t19-,20+,30?/m0/s1. The summed E-state index contributed by atoms with van der Waals surface area (Å²) in [5, 5.41) is 0.683. The van der Waals surface area contributed by atoms with E-state index in [1.807, 2.05) is 24.3 Å². The van der Waals surface area contributed by atoms with Crippen molar-refractivity contribution in [3.63, 3.8) is 0 Å². The number of piperazine rings is 1. The largest absolute Gasteiger partial charge is 0.481 e. The summed E-state index contributed by atoms with van der Waals surface area (Å²) in [4.78, 5) is 22.0. The zero-order valence-corrected chi connectivity index (χ0v) is 23.7. The van der Waals surface area contributed by atoms with Crippen LogP contribution in [0.25, 0.3) is 11.0 Å². The number of aromatic nitrogens is 2. The number of methoxy groups -OCH3 is 1. The van der Waals surface area contributed by atoms with Crippen molar-refractivity contribution in [1.82, 2.24) is 14.5 Å². The highest BCUT2D eigenvalue weighted by atomic mass is 35.5. The Bertz CT molecular complexity index is 1560. The fraction of sp³-hybridized carbons (Fsp3) is 0.355. The van der Waals surface area contributed by atoms with Gasteiger partial charge < -0.3 is 14.2 Å². The molecule has 204 valence electrons. The third-order valence-corrected chi connectivity index (χ3v) is 8.13. The van der Waals surface area contributed by atoms with Crippen LogP contribution >= 0.6 is 11.6 Å². The molecule has 2 aromatic carbocycles.